The molecule has 3 aliphatic rings. The number of hydrogen-bond acceptors (Lipinski definition) is 3. The van der Waals surface area contributed by atoms with E-state index in [2.05, 4.69) is 40.2 Å². The summed E-state index contributed by atoms with van der Waals surface area (Å²) in [6, 6.07) is 6.62. The first kappa shape index (κ1) is 22.7. The minimum Gasteiger partial charge on any atom is -0.493 e. The van der Waals surface area contributed by atoms with Gasteiger partial charge in [0.15, 0.2) is 5.96 Å². The van der Waals surface area contributed by atoms with Crippen molar-refractivity contribution in [2.24, 2.45) is 10.9 Å². The number of ether oxygens (including phenoxy) is 1. The number of benzene rings is 1. The number of nitrogens with zero attached hydrogens (tertiary/aromatic N) is 3. The van der Waals surface area contributed by atoms with Gasteiger partial charge in [0.05, 0.1) is 6.61 Å². The zero-order valence-electron chi connectivity index (χ0n) is 17.9. The standard InChI is InChI=1S/C23H36N4O.HI/c1-2-24-23(25-11-8-19-6-7-22-21(16-19)10-15-28-22)27-14-9-20(18-27)17-26-12-4-3-5-13-26;/h6-7,16,20H,2-5,8-15,17-18H2,1H3,(H,24,25);1H. The van der Waals surface area contributed by atoms with Gasteiger partial charge in [0, 0.05) is 39.1 Å². The fourth-order valence-corrected chi connectivity index (χ4v) is 4.79. The molecule has 29 heavy (non-hydrogen) atoms. The van der Waals surface area contributed by atoms with Crippen LogP contribution in [-0.2, 0) is 12.8 Å². The SMILES string of the molecule is CCNC(=NCCc1ccc2c(c1)CCO2)N1CCC(CN2CCCCC2)C1.I. The van der Waals surface area contributed by atoms with Crippen LogP contribution in [0.15, 0.2) is 23.2 Å². The predicted molar refractivity (Wildman–Crippen MR) is 131 cm³/mol. The smallest absolute Gasteiger partial charge is 0.193 e. The molecule has 5 nitrogen and oxygen atoms in total. The second-order valence-electron chi connectivity index (χ2n) is 8.49. The Balaban J connectivity index is 0.00000240. The molecular formula is C23H37IN4O. The highest BCUT2D eigenvalue weighted by atomic mass is 127. The Labute approximate surface area is 193 Å². The van der Waals surface area contributed by atoms with Crippen LogP contribution in [-0.4, -0.2) is 68.2 Å². The molecule has 0 saturated carbocycles. The molecule has 0 spiro atoms. The molecule has 2 saturated heterocycles. The number of hydrogen-bond donors (Lipinski definition) is 1. The Kier molecular flexibility index (Phi) is 8.90. The number of piperidine rings is 1. The molecule has 1 atom stereocenters. The van der Waals surface area contributed by atoms with Crippen LogP contribution in [0.25, 0.3) is 0 Å². The summed E-state index contributed by atoms with van der Waals surface area (Å²) in [5.41, 5.74) is 2.72. The summed E-state index contributed by atoms with van der Waals surface area (Å²) in [7, 11) is 0. The molecule has 1 aromatic carbocycles. The van der Waals surface area contributed by atoms with Crippen LogP contribution in [0.1, 0.15) is 43.7 Å². The number of fused-ring (bicyclic) bond motifs is 1. The molecule has 4 rings (SSSR count). The van der Waals surface area contributed by atoms with E-state index in [0.29, 0.717) is 0 Å². The molecule has 0 radical (unpaired) electrons. The van der Waals surface area contributed by atoms with E-state index in [4.69, 9.17) is 9.73 Å². The maximum Gasteiger partial charge on any atom is 0.193 e. The molecule has 0 bridgehead atoms. The normalized spacial score (nSPS) is 22.2. The molecule has 6 heteroatoms. The molecule has 1 aromatic rings. The average Bonchev–Trinajstić information content (AvgIpc) is 3.37. The first-order chi connectivity index (χ1) is 13.8. The molecule has 2 fully saturated rings. The van der Waals surface area contributed by atoms with Gasteiger partial charge in [0.1, 0.15) is 5.75 Å². The minimum absolute atomic E-state index is 0. The maximum atomic E-state index is 5.61. The van der Waals surface area contributed by atoms with Crippen molar-refractivity contribution in [2.75, 3.05) is 52.4 Å². The van der Waals surface area contributed by atoms with E-state index in [9.17, 15) is 0 Å². The molecule has 3 heterocycles. The minimum atomic E-state index is 0. The third kappa shape index (κ3) is 6.23. The fourth-order valence-electron chi connectivity index (χ4n) is 4.79. The number of likely N-dealkylation sites (tertiary alicyclic amines) is 2. The van der Waals surface area contributed by atoms with Crippen LogP contribution in [0.2, 0.25) is 0 Å². The van der Waals surface area contributed by atoms with Gasteiger partial charge in [-0.2, -0.15) is 0 Å². The van der Waals surface area contributed by atoms with Gasteiger partial charge < -0.3 is 19.9 Å². The predicted octanol–water partition coefficient (Wildman–Crippen LogP) is 3.56. The van der Waals surface area contributed by atoms with Crippen LogP contribution in [0.4, 0.5) is 0 Å². The average molecular weight is 512 g/mol. The monoisotopic (exact) mass is 512 g/mol. The topological polar surface area (TPSA) is 40.1 Å². The lowest BCUT2D eigenvalue weighted by Crippen LogP contribution is -2.41. The van der Waals surface area contributed by atoms with Gasteiger partial charge in [-0.05, 0) is 68.8 Å². The summed E-state index contributed by atoms with van der Waals surface area (Å²) in [6.45, 7) is 10.9. The van der Waals surface area contributed by atoms with Gasteiger partial charge in [0.25, 0.3) is 0 Å². The first-order valence-corrected chi connectivity index (χ1v) is 11.3. The molecule has 1 unspecified atom stereocenters. The summed E-state index contributed by atoms with van der Waals surface area (Å²) in [5, 5.41) is 3.52. The number of nitrogens with one attached hydrogen (secondary N) is 1. The van der Waals surface area contributed by atoms with Gasteiger partial charge in [-0.1, -0.05) is 18.6 Å². The summed E-state index contributed by atoms with van der Waals surface area (Å²) in [5.74, 6) is 2.96. The van der Waals surface area contributed by atoms with Gasteiger partial charge in [0.2, 0.25) is 0 Å². The van der Waals surface area contributed by atoms with Crippen LogP contribution in [0.3, 0.4) is 0 Å². The Morgan fingerprint density at radius 3 is 2.90 bits per heavy atom. The van der Waals surface area contributed by atoms with E-state index in [0.717, 1.165) is 63.3 Å². The van der Waals surface area contributed by atoms with Crippen molar-refractivity contribution in [1.29, 1.82) is 0 Å². The molecule has 1 N–H and O–H groups in total. The molecule has 0 aromatic heterocycles. The van der Waals surface area contributed by atoms with Crippen molar-refractivity contribution < 1.29 is 4.74 Å². The van der Waals surface area contributed by atoms with E-state index < -0.39 is 0 Å². The van der Waals surface area contributed by atoms with E-state index in [1.165, 1.54) is 56.4 Å². The van der Waals surface area contributed by atoms with E-state index in [-0.39, 0.29) is 24.0 Å². The third-order valence-corrected chi connectivity index (χ3v) is 6.30. The summed E-state index contributed by atoms with van der Waals surface area (Å²) >= 11 is 0. The largest absolute Gasteiger partial charge is 0.493 e. The summed E-state index contributed by atoms with van der Waals surface area (Å²) in [6.07, 6.45) is 7.52. The highest BCUT2D eigenvalue weighted by molar-refractivity contribution is 14.0. The fraction of sp³-hybridized carbons (Fsp3) is 0.696. The molecule has 3 aliphatic heterocycles. The molecule has 0 aliphatic carbocycles. The van der Waals surface area contributed by atoms with Crippen LogP contribution < -0.4 is 10.1 Å². The highest BCUT2D eigenvalue weighted by Gasteiger charge is 2.26. The Morgan fingerprint density at radius 1 is 1.21 bits per heavy atom. The maximum absolute atomic E-state index is 5.61. The van der Waals surface area contributed by atoms with Crippen LogP contribution in [0.5, 0.6) is 5.75 Å². The first-order valence-electron chi connectivity index (χ1n) is 11.3. The molecular weight excluding hydrogens is 475 g/mol. The van der Waals surface area contributed by atoms with Crippen molar-refractivity contribution in [3.05, 3.63) is 29.3 Å². The van der Waals surface area contributed by atoms with Gasteiger partial charge in [-0.15, -0.1) is 24.0 Å². The lowest BCUT2D eigenvalue weighted by Gasteiger charge is -2.29. The number of aliphatic imine (C=N–C) groups is 1. The Bertz CT molecular complexity index is 675. The van der Waals surface area contributed by atoms with Crippen molar-refractivity contribution in [3.8, 4) is 5.75 Å². The lowest BCUT2D eigenvalue weighted by molar-refractivity contribution is 0.198. The highest BCUT2D eigenvalue weighted by Crippen LogP contribution is 2.26. The summed E-state index contributed by atoms with van der Waals surface area (Å²) in [4.78, 5) is 10.1. The van der Waals surface area contributed by atoms with Gasteiger partial charge in [-0.3, -0.25) is 4.99 Å². The van der Waals surface area contributed by atoms with Crippen LogP contribution >= 0.6 is 24.0 Å². The van der Waals surface area contributed by atoms with Gasteiger partial charge >= 0.3 is 0 Å². The van der Waals surface area contributed by atoms with E-state index in [1.54, 1.807) is 0 Å². The van der Waals surface area contributed by atoms with Crippen molar-refractivity contribution in [2.45, 2.75) is 45.4 Å². The van der Waals surface area contributed by atoms with Crippen molar-refractivity contribution in [1.82, 2.24) is 15.1 Å². The number of guanidine groups is 1. The number of rotatable bonds is 6. The second kappa shape index (κ2) is 11.4. The Morgan fingerprint density at radius 2 is 2.07 bits per heavy atom. The van der Waals surface area contributed by atoms with E-state index >= 15 is 0 Å². The Hall–Kier alpha value is -1.02. The molecule has 162 valence electrons. The van der Waals surface area contributed by atoms with Gasteiger partial charge in [-0.25, -0.2) is 0 Å². The van der Waals surface area contributed by atoms with Crippen molar-refractivity contribution >= 4 is 29.9 Å². The zero-order valence-corrected chi connectivity index (χ0v) is 20.2. The molecule has 0 amide bonds. The summed E-state index contributed by atoms with van der Waals surface area (Å²) < 4.78 is 5.61. The number of halogens is 1. The van der Waals surface area contributed by atoms with Crippen LogP contribution in [0, 0.1) is 5.92 Å². The zero-order chi connectivity index (χ0) is 19.2. The third-order valence-electron chi connectivity index (χ3n) is 6.30. The quantitative estimate of drug-likeness (QED) is 0.360. The van der Waals surface area contributed by atoms with Crippen molar-refractivity contribution in [3.63, 3.8) is 0 Å². The van der Waals surface area contributed by atoms with E-state index in [1.807, 2.05) is 0 Å². The lowest BCUT2D eigenvalue weighted by atomic mass is 10.1. The second-order valence-corrected chi connectivity index (χ2v) is 8.49.